The number of pyridine rings is 1. The molecule has 0 unspecified atom stereocenters. The number of rotatable bonds is 5. The molecule has 0 aromatic carbocycles. The molecule has 0 aliphatic heterocycles. The van der Waals surface area contributed by atoms with E-state index in [1.165, 1.54) is 0 Å². The number of nitrogens with one attached hydrogen (secondary N) is 2. The van der Waals surface area contributed by atoms with Crippen molar-refractivity contribution in [2.24, 2.45) is 5.41 Å². The third-order valence-electron chi connectivity index (χ3n) is 3.78. The molecule has 2 amide bonds. The van der Waals surface area contributed by atoms with Crippen molar-refractivity contribution in [2.45, 2.75) is 38.9 Å². The molecule has 1 aliphatic rings. The van der Waals surface area contributed by atoms with E-state index in [-0.39, 0.29) is 32.4 Å². The van der Waals surface area contributed by atoms with Gasteiger partial charge < -0.3 is 10.6 Å². The molecule has 1 aromatic rings. The number of hydrogen-bond acceptors (Lipinski definition) is 2. The lowest BCUT2D eigenvalue weighted by Crippen LogP contribution is -2.37. The Morgan fingerprint density at radius 3 is 2.59 bits per heavy atom. The van der Waals surface area contributed by atoms with Crippen molar-refractivity contribution >= 4 is 17.6 Å². The molecule has 1 aromatic heterocycles. The topological polar surface area (TPSA) is 54.0 Å². The Bertz CT molecular complexity index is 539. The van der Waals surface area contributed by atoms with Crippen molar-refractivity contribution in [1.82, 2.24) is 15.6 Å². The molecule has 4 nitrogen and oxygen atoms in total. The molecule has 2 N–H and O–H groups in total. The van der Waals surface area contributed by atoms with Gasteiger partial charge in [0.05, 0.1) is 5.41 Å². The van der Waals surface area contributed by atoms with Crippen LogP contribution < -0.4 is 10.6 Å². The number of aryl methyl sites for hydroxylation is 1. The van der Waals surface area contributed by atoms with Crippen LogP contribution in [0.3, 0.4) is 0 Å². The molecule has 1 saturated carbocycles. The Balaban J connectivity index is 1.73. The number of carbonyl (C=O) groups excluding carboxylic acids is 1. The molecule has 0 spiro atoms. The number of hydrogen-bond donors (Lipinski definition) is 2. The van der Waals surface area contributed by atoms with Gasteiger partial charge in [-0.05, 0) is 43.9 Å². The van der Waals surface area contributed by atoms with E-state index in [2.05, 4.69) is 15.6 Å². The second-order valence-electron chi connectivity index (χ2n) is 5.58. The molecule has 122 valence electrons. The highest BCUT2D eigenvalue weighted by molar-refractivity contribution is 6.29. The Morgan fingerprint density at radius 2 is 2.05 bits per heavy atom. The molecule has 1 aliphatic carbocycles. The Morgan fingerprint density at radius 1 is 1.36 bits per heavy atom. The van der Waals surface area contributed by atoms with E-state index in [1.54, 1.807) is 19.1 Å². The van der Waals surface area contributed by atoms with Gasteiger partial charge in [-0.1, -0.05) is 11.6 Å². The largest absolute Gasteiger partial charge is 0.394 e. The van der Waals surface area contributed by atoms with Gasteiger partial charge in [0.2, 0.25) is 0 Å². The van der Waals surface area contributed by atoms with Crippen molar-refractivity contribution in [2.75, 3.05) is 6.54 Å². The second-order valence-corrected chi connectivity index (χ2v) is 5.96. The SMILES string of the molecule is Cc1cc(CNC(=O)NCCC2(C(F)(F)F)CC2)cc(Cl)n1. The summed E-state index contributed by atoms with van der Waals surface area (Å²) in [6, 6.07) is 2.90. The van der Waals surface area contributed by atoms with Gasteiger partial charge in [-0.25, -0.2) is 9.78 Å². The Labute approximate surface area is 131 Å². The standard InChI is InChI=1S/C14H17ClF3N3O/c1-9-6-10(7-11(15)21-9)8-20-12(22)19-5-4-13(2-3-13)14(16,17)18/h6-7H,2-5,8H2,1H3,(H2,19,20,22). The molecule has 8 heteroatoms. The maximum atomic E-state index is 12.7. The minimum absolute atomic E-state index is 0.00146. The lowest BCUT2D eigenvalue weighted by atomic mass is 10.0. The van der Waals surface area contributed by atoms with E-state index in [0.717, 1.165) is 11.3 Å². The molecule has 0 atom stereocenters. The summed E-state index contributed by atoms with van der Waals surface area (Å²) in [6.45, 7) is 2.02. The van der Waals surface area contributed by atoms with Crippen LogP contribution in [0.25, 0.3) is 0 Å². The number of carbonyl (C=O) groups is 1. The van der Waals surface area contributed by atoms with E-state index in [4.69, 9.17) is 11.6 Å². The van der Waals surface area contributed by atoms with Crippen LogP contribution in [-0.2, 0) is 6.54 Å². The molecule has 1 fully saturated rings. The zero-order valence-corrected chi connectivity index (χ0v) is 12.8. The number of alkyl halides is 3. The van der Waals surface area contributed by atoms with Gasteiger partial charge in [-0.15, -0.1) is 0 Å². The molecule has 2 rings (SSSR count). The van der Waals surface area contributed by atoms with Gasteiger partial charge in [0.1, 0.15) is 5.15 Å². The highest BCUT2D eigenvalue weighted by Gasteiger charge is 2.62. The van der Waals surface area contributed by atoms with E-state index in [1.807, 2.05) is 0 Å². The average molecular weight is 336 g/mol. The Kier molecular flexibility index (Phi) is 4.84. The summed E-state index contributed by atoms with van der Waals surface area (Å²) in [6.07, 6.45) is -3.97. The predicted octanol–water partition coefficient (Wildman–Crippen LogP) is 3.58. The quantitative estimate of drug-likeness (QED) is 0.808. The predicted molar refractivity (Wildman–Crippen MR) is 76.6 cm³/mol. The van der Waals surface area contributed by atoms with Gasteiger partial charge >= 0.3 is 12.2 Å². The van der Waals surface area contributed by atoms with Crippen LogP contribution in [0.2, 0.25) is 5.15 Å². The summed E-state index contributed by atoms with van der Waals surface area (Å²) in [7, 11) is 0. The molecule has 22 heavy (non-hydrogen) atoms. The van der Waals surface area contributed by atoms with Crippen LogP contribution in [0.1, 0.15) is 30.5 Å². The summed E-state index contributed by atoms with van der Waals surface area (Å²) in [4.78, 5) is 15.6. The van der Waals surface area contributed by atoms with E-state index < -0.39 is 17.6 Å². The zero-order valence-electron chi connectivity index (χ0n) is 12.1. The fraction of sp³-hybridized carbons (Fsp3) is 0.571. The molecular weight excluding hydrogens is 319 g/mol. The number of nitrogens with zero attached hydrogens (tertiary/aromatic N) is 1. The molecule has 1 heterocycles. The number of urea groups is 1. The van der Waals surface area contributed by atoms with Gasteiger partial charge in [0, 0.05) is 18.8 Å². The van der Waals surface area contributed by atoms with Crippen molar-refractivity contribution in [3.05, 3.63) is 28.5 Å². The smallest absolute Gasteiger partial charge is 0.338 e. The molecule has 0 bridgehead atoms. The second kappa shape index (κ2) is 6.32. The van der Waals surface area contributed by atoms with E-state index in [9.17, 15) is 18.0 Å². The highest BCUT2D eigenvalue weighted by atomic mass is 35.5. The summed E-state index contributed by atoms with van der Waals surface area (Å²) in [5, 5.41) is 5.36. The number of amides is 2. The lowest BCUT2D eigenvalue weighted by molar-refractivity contribution is -0.188. The zero-order chi connectivity index (χ0) is 16.4. The van der Waals surface area contributed by atoms with Gasteiger partial charge in [0.25, 0.3) is 0 Å². The third kappa shape index (κ3) is 4.25. The maximum Gasteiger partial charge on any atom is 0.394 e. The number of halogens is 4. The van der Waals surface area contributed by atoms with Crippen LogP contribution >= 0.6 is 11.6 Å². The number of aromatic nitrogens is 1. The summed E-state index contributed by atoms with van der Waals surface area (Å²) in [5.74, 6) is 0. The summed E-state index contributed by atoms with van der Waals surface area (Å²) >= 11 is 5.80. The van der Waals surface area contributed by atoms with Crippen molar-refractivity contribution in [1.29, 1.82) is 0 Å². The molecular formula is C14H17ClF3N3O. The van der Waals surface area contributed by atoms with Crippen LogP contribution in [-0.4, -0.2) is 23.7 Å². The Hall–Kier alpha value is -1.50. The minimum Gasteiger partial charge on any atom is -0.338 e. The molecule has 0 saturated heterocycles. The van der Waals surface area contributed by atoms with Crippen LogP contribution in [0.15, 0.2) is 12.1 Å². The first kappa shape index (κ1) is 16.9. The third-order valence-corrected chi connectivity index (χ3v) is 3.97. The lowest BCUT2D eigenvalue weighted by Gasteiger charge is -2.19. The van der Waals surface area contributed by atoms with Crippen molar-refractivity contribution in [3.63, 3.8) is 0 Å². The van der Waals surface area contributed by atoms with Crippen LogP contribution in [0.4, 0.5) is 18.0 Å². The van der Waals surface area contributed by atoms with Gasteiger partial charge in [-0.2, -0.15) is 13.2 Å². The highest BCUT2D eigenvalue weighted by Crippen LogP contribution is 2.59. The first-order valence-electron chi connectivity index (χ1n) is 6.93. The maximum absolute atomic E-state index is 12.7. The van der Waals surface area contributed by atoms with Crippen LogP contribution in [0, 0.1) is 12.3 Å². The normalized spacial score (nSPS) is 16.2. The van der Waals surface area contributed by atoms with Crippen molar-refractivity contribution in [3.8, 4) is 0 Å². The monoisotopic (exact) mass is 335 g/mol. The van der Waals surface area contributed by atoms with E-state index >= 15 is 0 Å². The first-order chi connectivity index (χ1) is 10.2. The average Bonchev–Trinajstić information content (AvgIpc) is 3.16. The minimum atomic E-state index is -4.18. The fourth-order valence-corrected chi connectivity index (χ4v) is 2.56. The van der Waals surface area contributed by atoms with Crippen molar-refractivity contribution < 1.29 is 18.0 Å². The molecule has 0 radical (unpaired) electrons. The van der Waals surface area contributed by atoms with Crippen LogP contribution in [0.5, 0.6) is 0 Å². The summed E-state index contributed by atoms with van der Waals surface area (Å²) < 4.78 is 38.2. The first-order valence-corrected chi connectivity index (χ1v) is 7.31. The van der Waals surface area contributed by atoms with Gasteiger partial charge in [0.15, 0.2) is 0 Å². The fourth-order valence-electron chi connectivity index (χ4n) is 2.28. The summed E-state index contributed by atoms with van der Waals surface area (Å²) in [5.41, 5.74) is -0.0807. The van der Waals surface area contributed by atoms with Gasteiger partial charge in [-0.3, -0.25) is 0 Å². The van der Waals surface area contributed by atoms with E-state index in [0.29, 0.717) is 5.15 Å².